The van der Waals surface area contributed by atoms with Gasteiger partial charge in [-0.3, -0.25) is 4.98 Å². The second-order valence-corrected chi connectivity index (χ2v) is 5.37. The fourth-order valence-corrected chi connectivity index (χ4v) is 2.57. The van der Waals surface area contributed by atoms with Crippen LogP contribution >= 0.6 is 12.2 Å². The van der Waals surface area contributed by atoms with Crippen LogP contribution in [0, 0.1) is 0 Å². The number of aromatic nitrogens is 2. The quantitative estimate of drug-likeness (QED) is 0.866. The summed E-state index contributed by atoms with van der Waals surface area (Å²) in [6.45, 7) is 3.80. The fourth-order valence-electron chi connectivity index (χ4n) is 2.45. The van der Waals surface area contributed by atoms with E-state index in [1.54, 1.807) is 0 Å². The molecule has 0 saturated carbocycles. The van der Waals surface area contributed by atoms with E-state index in [1.807, 2.05) is 42.7 Å². The minimum atomic E-state index is 0.335. The SMILES string of the molecule is NC(=S)c1ccc(N2CCN(c3ccccn3)CC2)cn1. The van der Waals surface area contributed by atoms with Crippen LogP contribution < -0.4 is 15.5 Å². The molecule has 0 aliphatic carbocycles. The molecule has 2 aromatic rings. The topological polar surface area (TPSA) is 58.3 Å². The van der Waals surface area contributed by atoms with Crippen molar-refractivity contribution in [1.82, 2.24) is 9.97 Å². The number of thiocarbonyl (C=S) groups is 1. The third kappa shape index (κ3) is 3.11. The number of hydrogen-bond acceptors (Lipinski definition) is 5. The van der Waals surface area contributed by atoms with Crippen molar-refractivity contribution in [1.29, 1.82) is 0 Å². The van der Waals surface area contributed by atoms with E-state index >= 15 is 0 Å². The second-order valence-electron chi connectivity index (χ2n) is 4.93. The molecule has 0 bridgehead atoms. The Hall–Kier alpha value is -2.21. The van der Waals surface area contributed by atoms with E-state index in [2.05, 4.69) is 19.8 Å². The van der Waals surface area contributed by atoms with Gasteiger partial charge in [0.2, 0.25) is 0 Å². The predicted octanol–water partition coefficient (Wildman–Crippen LogP) is 1.44. The van der Waals surface area contributed by atoms with E-state index < -0.39 is 0 Å². The normalized spacial score (nSPS) is 15.0. The highest BCUT2D eigenvalue weighted by molar-refractivity contribution is 7.80. The Morgan fingerprint density at radius 2 is 1.76 bits per heavy atom. The summed E-state index contributed by atoms with van der Waals surface area (Å²) in [6, 6.07) is 9.91. The molecule has 0 amide bonds. The molecule has 1 fully saturated rings. The molecular weight excluding hydrogens is 282 g/mol. The van der Waals surface area contributed by atoms with Gasteiger partial charge in [-0.25, -0.2) is 4.98 Å². The summed E-state index contributed by atoms with van der Waals surface area (Å²) in [5.41, 5.74) is 7.34. The van der Waals surface area contributed by atoms with Crippen LogP contribution in [0.15, 0.2) is 42.7 Å². The summed E-state index contributed by atoms with van der Waals surface area (Å²) in [5, 5.41) is 0. The zero-order chi connectivity index (χ0) is 14.7. The molecule has 1 aliphatic rings. The lowest BCUT2D eigenvalue weighted by molar-refractivity contribution is 0.647. The fraction of sp³-hybridized carbons (Fsp3) is 0.267. The smallest absolute Gasteiger partial charge is 0.128 e. The van der Waals surface area contributed by atoms with Crippen LogP contribution in [0.1, 0.15) is 5.69 Å². The van der Waals surface area contributed by atoms with E-state index in [0.717, 1.165) is 37.7 Å². The van der Waals surface area contributed by atoms with E-state index in [0.29, 0.717) is 10.7 Å². The van der Waals surface area contributed by atoms with E-state index in [1.165, 1.54) is 0 Å². The van der Waals surface area contributed by atoms with E-state index in [4.69, 9.17) is 18.0 Å². The van der Waals surface area contributed by atoms with Crippen LogP contribution in [0.3, 0.4) is 0 Å². The zero-order valence-electron chi connectivity index (χ0n) is 11.6. The first kappa shape index (κ1) is 13.8. The lowest BCUT2D eigenvalue weighted by Crippen LogP contribution is -2.46. The van der Waals surface area contributed by atoms with Gasteiger partial charge in [-0.15, -0.1) is 0 Å². The summed E-state index contributed by atoms with van der Waals surface area (Å²) in [5.74, 6) is 1.04. The molecule has 5 nitrogen and oxygen atoms in total. The first-order valence-electron chi connectivity index (χ1n) is 6.91. The third-order valence-electron chi connectivity index (χ3n) is 3.62. The Kier molecular flexibility index (Phi) is 3.96. The second kappa shape index (κ2) is 6.05. The summed E-state index contributed by atoms with van der Waals surface area (Å²) < 4.78 is 0. The van der Waals surface area contributed by atoms with Gasteiger partial charge in [0.25, 0.3) is 0 Å². The average molecular weight is 299 g/mol. The first-order valence-corrected chi connectivity index (χ1v) is 7.31. The maximum atomic E-state index is 5.57. The van der Waals surface area contributed by atoms with Gasteiger partial charge in [-0.2, -0.15) is 0 Å². The van der Waals surface area contributed by atoms with Crippen LogP contribution in [0.25, 0.3) is 0 Å². The van der Waals surface area contributed by atoms with E-state index in [-0.39, 0.29) is 0 Å². The van der Waals surface area contributed by atoms with Crippen molar-refractivity contribution >= 4 is 28.7 Å². The van der Waals surface area contributed by atoms with Crippen molar-refractivity contribution in [3.63, 3.8) is 0 Å². The van der Waals surface area contributed by atoms with E-state index in [9.17, 15) is 0 Å². The largest absolute Gasteiger partial charge is 0.388 e. The molecule has 2 aromatic heterocycles. The Labute approximate surface area is 129 Å². The third-order valence-corrected chi connectivity index (χ3v) is 3.83. The van der Waals surface area contributed by atoms with Gasteiger partial charge in [0.1, 0.15) is 10.8 Å². The van der Waals surface area contributed by atoms with Crippen LogP contribution in [-0.2, 0) is 0 Å². The number of nitrogens with two attached hydrogens (primary N) is 1. The minimum Gasteiger partial charge on any atom is -0.388 e. The number of rotatable bonds is 3. The minimum absolute atomic E-state index is 0.335. The number of piperazine rings is 1. The maximum Gasteiger partial charge on any atom is 0.128 e. The summed E-state index contributed by atoms with van der Waals surface area (Å²) in [7, 11) is 0. The first-order chi connectivity index (χ1) is 10.2. The number of anilines is 2. The molecule has 3 rings (SSSR count). The van der Waals surface area contributed by atoms with Gasteiger partial charge >= 0.3 is 0 Å². The average Bonchev–Trinajstić information content (AvgIpc) is 2.56. The van der Waals surface area contributed by atoms with Crippen molar-refractivity contribution in [3.05, 3.63) is 48.4 Å². The molecule has 6 heteroatoms. The Morgan fingerprint density at radius 3 is 2.33 bits per heavy atom. The highest BCUT2D eigenvalue weighted by Gasteiger charge is 2.18. The lowest BCUT2D eigenvalue weighted by atomic mass is 10.2. The van der Waals surface area contributed by atoms with Gasteiger partial charge in [0.15, 0.2) is 0 Å². The van der Waals surface area contributed by atoms with Crippen molar-refractivity contribution in [2.75, 3.05) is 36.0 Å². The standard InChI is InChI=1S/C15H17N5S/c16-15(21)13-5-4-12(11-18-13)19-7-9-20(10-8-19)14-3-1-2-6-17-14/h1-6,11H,7-10H2,(H2,16,21). The molecular formula is C15H17N5S. The van der Waals surface area contributed by atoms with Gasteiger partial charge in [-0.1, -0.05) is 18.3 Å². The van der Waals surface area contributed by atoms with Gasteiger partial charge in [0, 0.05) is 32.4 Å². The molecule has 0 radical (unpaired) electrons. The van der Waals surface area contributed by atoms with Crippen LogP contribution in [0.4, 0.5) is 11.5 Å². The maximum absolute atomic E-state index is 5.57. The van der Waals surface area contributed by atoms with Crippen molar-refractivity contribution < 1.29 is 0 Å². The van der Waals surface area contributed by atoms with Gasteiger partial charge in [-0.05, 0) is 24.3 Å². The van der Waals surface area contributed by atoms with Crippen molar-refractivity contribution in [2.45, 2.75) is 0 Å². The molecule has 3 heterocycles. The Morgan fingerprint density at radius 1 is 1.00 bits per heavy atom. The van der Waals surface area contributed by atoms with Crippen LogP contribution in [0.2, 0.25) is 0 Å². The number of pyridine rings is 2. The summed E-state index contributed by atoms with van der Waals surface area (Å²) in [4.78, 5) is 13.6. The number of nitrogens with zero attached hydrogens (tertiary/aromatic N) is 4. The monoisotopic (exact) mass is 299 g/mol. The number of hydrogen-bond donors (Lipinski definition) is 1. The molecule has 108 valence electrons. The molecule has 1 saturated heterocycles. The van der Waals surface area contributed by atoms with Gasteiger partial charge in [0.05, 0.1) is 17.6 Å². The molecule has 21 heavy (non-hydrogen) atoms. The lowest BCUT2D eigenvalue weighted by Gasteiger charge is -2.36. The molecule has 0 aromatic carbocycles. The molecule has 0 unspecified atom stereocenters. The highest BCUT2D eigenvalue weighted by Crippen LogP contribution is 2.18. The molecule has 2 N–H and O–H groups in total. The van der Waals surface area contributed by atoms with Gasteiger partial charge < -0.3 is 15.5 Å². The Bertz CT molecular complexity index is 606. The molecule has 0 spiro atoms. The Balaban J connectivity index is 1.64. The van der Waals surface area contributed by atoms with Crippen LogP contribution in [0.5, 0.6) is 0 Å². The van der Waals surface area contributed by atoms with Crippen molar-refractivity contribution in [3.8, 4) is 0 Å². The zero-order valence-corrected chi connectivity index (χ0v) is 12.5. The van der Waals surface area contributed by atoms with Crippen LogP contribution in [-0.4, -0.2) is 41.1 Å². The highest BCUT2D eigenvalue weighted by atomic mass is 32.1. The summed E-state index contributed by atoms with van der Waals surface area (Å²) >= 11 is 4.92. The predicted molar refractivity (Wildman–Crippen MR) is 88.8 cm³/mol. The summed E-state index contributed by atoms with van der Waals surface area (Å²) in [6.07, 6.45) is 3.67. The molecule has 0 atom stereocenters. The van der Waals surface area contributed by atoms with Crippen molar-refractivity contribution in [2.24, 2.45) is 5.73 Å². The molecule has 1 aliphatic heterocycles.